The summed E-state index contributed by atoms with van der Waals surface area (Å²) >= 11 is 0. The minimum atomic E-state index is 0.126. The quantitative estimate of drug-likeness (QED) is 0.308. The highest BCUT2D eigenvalue weighted by molar-refractivity contribution is 5.94. The van der Waals surface area contributed by atoms with Crippen molar-refractivity contribution in [2.45, 2.75) is 84.7 Å². The Labute approximate surface area is 207 Å². The van der Waals surface area contributed by atoms with Gasteiger partial charge in [-0.15, -0.1) is 0 Å². The Morgan fingerprint density at radius 3 is 2.38 bits per heavy atom. The summed E-state index contributed by atoms with van der Waals surface area (Å²) in [4.78, 5) is 18.1. The Bertz CT molecular complexity index is 847. The Balaban J connectivity index is 1.65. The van der Waals surface area contributed by atoms with Crippen LogP contribution in [0, 0.1) is 0 Å². The molecule has 0 saturated carbocycles. The molecule has 1 heterocycles. The summed E-state index contributed by atoms with van der Waals surface area (Å²) in [6.07, 6.45) is 9.72. The Morgan fingerprint density at radius 2 is 1.71 bits per heavy atom. The van der Waals surface area contributed by atoms with Gasteiger partial charge in [0.25, 0.3) is 5.91 Å². The van der Waals surface area contributed by atoms with E-state index in [1.54, 1.807) is 0 Å². The minimum Gasteiger partial charge on any atom is -0.494 e. The van der Waals surface area contributed by atoms with E-state index in [0.29, 0.717) is 19.2 Å². The average Bonchev–Trinajstić information content (AvgIpc) is 2.86. The van der Waals surface area contributed by atoms with Crippen LogP contribution in [-0.4, -0.2) is 48.0 Å². The van der Waals surface area contributed by atoms with E-state index >= 15 is 0 Å². The number of unbranched alkanes of at least 4 members (excludes halogenated alkanes) is 2. The first kappa shape index (κ1) is 26.3. The van der Waals surface area contributed by atoms with Gasteiger partial charge in [-0.1, -0.05) is 50.5 Å². The van der Waals surface area contributed by atoms with Gasteiger partial charge in [0.2, 0.25) is 0 Å². The zero-order valence-corrected chi connectivity index (χ0v) is 21.6. The highest BCUT2D eigenvalue weighted by Crippen LogP contribution is 2.19. The Hall–Kier alpha value is -2.33. The van der Waals surface area contributed by atoms with Crippen LogP contribution in [0.4, 0.5) is 0 Å². The number of aryl methyl sites for hydroxylation is 1. The third-order valence-electron chi connectivity index (χ3n) is 6.98. The van der Waals surface area contributed by atoms with Crippen molar-refractivity contribution in [3.63, 3.8) is 0 Å². The molecule has 1 amide bonds. The molecule has 0 aliphatic carbocycles. The van der Waals surface area contributed by atoms with Crippen LogP contribution in [0.5, 0.6) is 5.75 Å². The fourth-order valence-electron chi connectivity index (χ4n) is 4.86. The van der Waals surface area contributed by atoms with Crippen LogP contribution in [0.2, 0.25) is 0 Å². The number of nitrogens with zero attached hydrogens (tertiary/aromatic N) is 2. The number of benzene rings is 2. The summed E-state index contributed by atoms with van der Waals surface area (Å²) in [5, 5.41) is 0. The van der Waals surface area contributed by atoms with Crippen molar-refractivity contribution in [1.29, 1.82) is 0 Å². The van der Waals surface area contributed by atoms with Gasteiger partial charge in [0.15, 0.2) is 0 Å². The van der Waals surface area contributed by atoms with Crippen LogP contribution in [0.15, 0.2) is 48.5 Å². The van der Waals surface area contributed by atoms with Gasteiger partial charge in [-0.3, -0.25) is 4.79 Å². The molecule has 1 saturated heterocycles. The molecule has 4 nitrogen and oxygen atoms in total. The largest absolute Gasteiger partial charge is 0.494 e. The highest BCUT2D eigenvalue weighted by Gasteiger charge is 2.20. The summed E-state index contributed by atoms with van der Waals surface area (Å²) in [5.74, 6) is 1.00. The fraction of sp³-hybridized carbons (Fsp3) is 0.567. The normalized spacial score (nSPS) is 16.4. The lowest BCUT2D eigenvalue weighted by molar-refractivity contribution is 0.0726. The maximum atomic E-state index is 13.5. The summed E-state index contributed by atoms with van der Waals surface area (Å²) in [6, 6.07) is 17.1. The predicted octanol–water partition coefficient (Wildman–Crippen LogP) is 6.72. The van der Waals surface area contributed by atoms with Crippen LogP contribution in [0.1, 0.15) is 87.2 Å². The number of rotatable bonds is 13. The number of ether oxygens (including phenoxy) is 1. The molecular weight excluding hydrogens is 420 g/mol. The molecule has 2 aromatic carbocycles. The molecule has 1 unspecified atom stereocenters. The maximum absolute atomic E-state index is 13.5. The second-order valence-corrected chi connectivity index (χ2v) is 9.69. The third kappa shape index (κ3) is 8.16. The number of piperidine rings is 1. The second kappa shape index (κ2) is 14.2. The van der Waals surface area contributed by atoms with E-state index in [0.717, 1.165) is 42.8 Å². The van der Waals surface area contributed by atoms with Crippen LogP contribution < -0.4 is 4.74 Å². The number of amides is 1. The molecule has 0 aromatic heterocycles. The number of hydrogen-bond acceptors (Lipinski definition) is 3. The van der Waals surface area contributed by atoms with Gasteiger partial charge in [-0.25, -0.2) is 0 Å². The van der Waals surface area contributed by atoms with Gasteiger partial charge in [-0.2, -0.15) is 0 Å². The summed E-state index contributed by atoms with van der Waals surface area (Å²) < 4.78 is 5.58. The molecule has 2 aromatic rings. The Kier molecular flexibility index (Phi) is 10.9. The molecular formula is C30H44N2O2. The first-order valence-corrected chi connectivity index (χ1v) is 13.4. The molecule has 1 atom stereocenters. The van der Waals surface area contributed by atoms with Crippen molar-refractivity contribution < 1.29 is 9.53 Å². The lowest BCUT2D eigenvalue weighted by Gasteiger charge is -2.34. The maximum Gasteiger partial charge on any atom is 0.254 e. The highest BCUT2D eigenvalue weighted by atomic mass is 16.5. The lowest BCUT2D eigenvalue weighted by Crippen LogP contribution is -2.40. The third-order valence-corrected chi connectivity index (χ3v) is 6.98. The SMILES string of the molecule is CCCCCc1ccc(C(=O)N(CCCN2CCCCC2C)Cc2ccc(OCC)cc2)cc1. The predicted molar refractivity (Wildman–Crippen MR) is 142 cm³/mol. The van der Waals surface area contributed by atoms with Crippen LogP contribution in [-0.2, 0) is 13.0 Å². The first-order chi connectivity index (χ1) is 16.6. The standard InChI is InChI=1S/C30H44N2O2/c1-4-6-7-12-26-13-17-28(18-14-26)30(33)32(23-10-22-31-21-9-8-11-25(31)3)24-27-15-19-29(20-16-27)34-5-2/h13-20,25H,4-12,21-24H2,1-3H3. The topological polar surface area (TPSA) is 32.8 Å². The second-order valence-electron chi connectivity index (χ2n) is 9.69. The van der Waals surface area contributed by atoms with E-state index in [-0.39, 0.29) is 5.91 Å². The van der Waals surface area contributed by atoms with Crippen LogP contribution in [0.25, 0.3) is 0 Å². The van der Waals surface area contributed by atoms with E-state index in [1.165, 1.54) is 50.6 Å². The number of carbonyl (C=O) groups excluding carboxylic acids is 1. The van der Waals surface area contributed by atoms with E-state index in [1.807, 2.05) is 36.1 Å². The number of hydrogen-bond donors (Lipinski definition) is 0. The van der Waals surface area contributed by atoms with Crippen molar-refractivity contribution >= 4 is 5.91 Å². The number of carbonyl (C=O) groups is 1. The minimum absolute atomic E-state index is 0.126. The molecule has 1 aliphatic heterocycles. The molecule has 1 aliphatic rings. The van der Waals surface area contributed by atoms with E-state index in [2.05, 4.69) is 43.0 Å². The number of likely N-dealkylation sites (tertiary alicyclic amines) is 1. The molecule has 186 valence electrons. The molecule has 1 fully saturated rings. The van der Waals surface area contributed by atoms with Crippen molar-refractivity contribution in [3.05, 3.63) is 65.2 Å². The smallest absolute Gasteiger partial charge is 0.254 e. The van der Waals surface area contributed by atoms with E-state index in [4.69, 9.17) is 4.74 Å². The molecule has 34 heavy (non-hydrogen) atoms. The van der Waals surface area contributed by atoms with Crippen molar-refractivity contribution in [2.75, 3.05) is 26.2 Å². The van der Waals surface area contributed by atoms with Crippen LogP contribution >= 0.6 is 0 Å². The molecule has 0 bridgehead atoms. The molecule has 0 N–H and O–H groups in total. The van der Waals surface area contributed by atoms with Gasteiger partial charge in [0.05, 0.1) is 6.61 Å². The summed E-state index contributed by atoms with van der Waals surface area (Å²) in [5.41, 5.74) is 3.25. The molecule has 4 heteroatoms. The summed E-state index contributed by atoms with van der Waals surface area (Å²) in [7, 11) is 0. The zero-order valence-electron chi connectivity index (χ0n) is 21.6. The molecule has 0 radical (unpaired) electrons. The van der Waals surface area contributed by atoms with Gasteiger partial charge in [-0.05, 0) is 87.9 Å². The fourth-order valence-corrected chi connectivity index (χ4v) is 4.86. The Morgan fingerprint density at radius 1 is 0.971 bits per heavy atom. The van der Waals surface area contributed by atoms with Gasteiger partial charge < -0.3 is 14.5 Å². The zero-order chi connectivity index (χ0) is 24.2. The van der Waals surface area contributed by atoms with Gasteiger partial charge in [0.1, 0.15) is 5.75 Å². The molecule has 0 spiro atoms. The van der Waals surface area contributed by atoms with Crippen LogP contribution in [0.3, 0.4) is 0 Å². The van der Waals surface area contributed by atoms with E-state index < -0.39 is 0 Å². The summed E-state index contributed by atoms with van der Waals surface area (Å²) in [6.45, 7) is 10.9. The van der Waals surface area contributed by atoms with Crippen molar-refractivity contribution in [3.8, 4) is 5.75 Å². The van der Waals surface area contributed by atoms with E-state index in [9.17, 15) is 4.79 Å². The van der Waals surface area contributed by atoms with Gasteiger partial charge in [0, 0.05) is 31.2 Å². The van der Waals surface area contributed by atoms with Crippen molar-refractivity contribution in [1.82, 2.24) is 9.80 Å². The molecule has 3 rings (SSSR count). The van der Waals surface area contributed by atoms with Gasteiger partial charge >= 0.3 is 0 Å². The average molecular weight is 465 g/mol. The van der Waals surface area contributed by atoms with Crippen molar-refractivity contribution in [2.24, 2.45) is 0 Å². The first-order valence-electron chi connectivity index (χ1n) is 13.4. The lowest BCUT2D eigenvalue weighted by atomic mass is 10.0. The monoisotopic (exact) mass is 464 g/mol.